The van der Waals surface area contributed by atoms with E-state index in [2.05, 4.69) is 36.0 Å². The molecule has 1 saturated carbocycles. The van der Waals surface area contributed by atoms with E-state index < -0.39 is 0 Å². The number of nitrogens with one attached hydrogen (secondary N) is 1. The summed E-state index contributed by atoms with van der Waals surface area (Å²) in [6, 6.07) is 0. The van der Waals surface area contributed by atoms with Crippen LogP contribution in [0.2, 0.25) is 0 Å². The number of guanidine groups is 1. The topological polar surface area (TPSA) is 40.5 Å². The minimum Gasteiger partial charge on any atom is -0.357 e. The molecule has 4 nitrogen and oxygen atoms in total. The van der Waals surface area contributed by atoms with Crippen LogP contribution in [0.1, 0.15) is 48.2 Å². The van der Waals surface area contributed by atoms with E-state index in [1.807, 2.05) is 0 Å². The zero-order chi connectivity index (χ0) is 15.5. The van der Waals surface area contributed by atoms with Gasteiger partial charge in [-0.05, 0) is 45.4 Å². The number of thiazole rings is 1. The van der Waals surface area contributed by atoms with Crippen LogP contribution in [0, 0.1) is 25.7 Å². The number of hydrogen-bond donors (Lipinski definition) is 1. The molecule has 1 N–H and O–H groups in total. The van der Waals surface area contributed by atoms with Gasteiger partial charge in [0.15, 0.2) is 5.96 Å². The summed E-state index contributed by atoms with van der Waals surface area (Å²) in [5.41, 5.74) is 1.15. The summed E-state index contributed by atoms with van der Waals surface area (Å²) in [7, 11) is 0. The Morgan fingerprint density at radius 3 is 2.50 bits per heavy atom. The van der Waals surface area contributed by atoms with Crippen molar-refractivity contribution in [3.8, 4) is 0 Å². The maximum atomic E-state index is 4.86. The average molecular weight is 321 g/mol. The van der Waals surface area contributed by atoms with Gasteiger partial charge in [-0.25, -0.2) is 9.98 Å². The lowest BCUT2D eigenvalue weighted by atomic mass is 9.82. The van der Waals surface area contributed by atoms with Crippen LogP contribution in [0.5, 0.6) is 0 Å². The van der Waals surface area contributed by atoms with E-state index in [-0.39, 0.29) is 0 Å². The monoisotopic (exact) mass is 320 g/mol. The van der Waals surface area contributed by atoms with Gasteiger partial charge in [0.2, 0.25) is 0 Å². The predicted molar refractivity (Wildman–Crippen MR) is 93.4 cm³/mol. The molecule has 122 valence electrons. The Labute approximate surface area is 138 Å². The summed E-state index contributed by atoms with van der Waals surface area (Å²) < 4.78 is 0. The summed E-state index contributed by atoms with van der Waals surface area (Å²) in [6.45, 7) is 10.4. The summed E-state index contributed by atoms with van der Waals surface area (Å²) in [6.07, 6.45) is 5.65. The van der Waals surface area contributed by atoms with Crippen molar-refractivity contribution in [2.45, 2.75) is 53.0 Å². The number of fused-ring (bicyclic) bond motifs is 1. The van der Waals surface area contributed by atoms with E-state index in [9.17, 15) is 0 Å². The fourth-order valence-electron chi connectivity index (χ4n) is 3.75. The van der Waals surface area contributed by atoms with Gasteiger partial charge in [-0.2, -0.15) is 0 Å². The third-order valence-electron chi connectivity index (χ3n) is 5.05. The molecular formula is C17H28N4S. The van der Waals surface area contributed by atoms with E-state index in [4.69, 9.17) is 4.99 Å². The molecule has 0 bridgehead atoms. The second-order valence-electron chi connectivity index (χ2n) is 6.63. The maximum absolute atomic E-state index is 4.86. The van der Waals surface area contributed by atoms with Crippen molar-refractivity contribution < 1.29 is 0 Å². The van der Waals surface area contributed by atoms with Crippen LogP contribution in [0.3, 0.4) is 0 Å². The van der Waals surface area contributed by atoms with Gasteiger partial charge in [-0.3, -0.25) is 0 Å². The van der Waals surface area contributed by atoms with E-state index in [1.54, 1.807) is 11.3 Å². The summed E-state index contributed by atoms with van der Waals surface area (Å²) >= 11 is 1.77. The molecule has 1 aliphatic carbocycles. The van der Waals surface area contributed by atoms with Crippen molar-refractivity contribution in [3.63, 3.8) is 0 Å². The van der Waals surface area contributed by atoms with Crippen LogP contribution in [0.25, 0.3) is 0 Å². The average Bonchev–Trinajstić information content (AvgIpc) is 3.07. The molecule has 2 aliphatic rings. The Morgan fingerprint density at radius 1 is 1.27 bits per heavy atom. The minimum absolute atomic E-state index is 0.702. The van der Waals surface area contributed by atoms with Gasteiger partial charge in [0, 0.05) is 24.5 Å². The van der Waals surface area contributed by atoms with Gasteiger partial charge in [0.1, 0.15) is 5.01 Å². The van der Waals surface area contributed by atoms with Crippen LogP contribution in [0.4, 0.5) is 0 Å². The van der Waals surface area contributed by atoms with Crippen LogP contribution in [-0.4, -0.2) is 35.5 Å². The molecule has 3 rings (SSSR count). The lowest BCUT2D eigenvalue weighted by molar-refractivity contribution is 0.299. The Balaban J connectivity index is 1.68. The molecule has 2 atom stereocenters. The summed E-state index contributed by atoms with van der Waals surface area (Å²) in [4.78, 5) is 13.3. The van der Waals surface area contributed by atoms with Crippen LogP contribution >= 0.6 is 11.3 Å². The molecule has 0 radical (unpaired) electrons. The third kappa shape index (κ3) is 3.45. The first-order valence-electron chi connectivity index (χ1n) is 8.63. The molecule has 1 saturated heterocycles. The first-order valence-corrected chi connectivity index (χ1v) is 9.45. The summed E-state index contributed by atoms with van der Waals surface area (Å²) in [5, 5.41) is 4.61. The van der Waals surface area contributed by atoms with Crippen molar-refractivity contribution in [2.75, 3.05) is 19.6 Å². The van der Waals surface area contributed by atoms with Gasteiger partial charge in [-0.15, -0.1) is 11.3 Å². The Kier molecular flexibility index (Phi) is 5.01. The van der Waals surface area contributed by atoms with Crippen molar-refractivity contribution in [2.24, 2.45) is 16.8 Å². The maximum Gasteiger partial charge on any atom is 0.194 e. The van der Waals surface area contributed by atoms with Gasteiger partial charge >= 0.3 is 0 Å². The molecule has 2 fully saturated rings. The van der Waals surface area contributed by atoms with Crippen molar-refractivity contribution in [1.82, 2.24) is 15.2 Å². The highest BCUT2D eigenvalue weighted by atomic mass is 32.1. The first kappa shape index (κ1) is 15.8. The van der Waals surface area contributed by atoms with Crippen LogP contribution in [-0.2, 0) is 6.54 Å². The molecule has 0 amide bonds. The van der Waals surface area contributed by atoms with E-state index >= 15 is 0 Å². The minimum atomic E-state index is 0.702. The van der Waals surface area contributed by atoms with Crippen LogP contribution in [0.15, 0.2) is 4.99 Å². The zero-order valence-electron chi connectivity index (χ0n) is 14.1. The Bertz CT molecular complexity index is 503. The SMILES string of the molecule is CCNC(=NCc1nc(C)c(C)s1)N1CC2CCCCC2C1. The standard InChI is InChI=1S/C17H28N4S/c1-4-18-17(19-9-16-20-12(2)13(3)22-16)21-10-14-7-5-6-8-15(14)11-21/h14-15H,4-11H2,1-3H3,(H,18,19). The number of rotatable bonds is 3. The fraction of sp³-hybridized carbons (Fsp3) is 0.765. The molecule has 1 aromatic rings. The van der Waals surface area contributed by atoms with Crippen LogP contribution < -0.4 is 5.32 Å². The number of nitrogens with zero attached hydrogens (tertiary/aromatic N) is 3. The van der Waals surface area contributed by atoms with E-state index in [0.29, 0.717) is 6.54 Å². The zero-order valence-corrected chi connectivity index (χ0v) is 14.9. The largest absolute Gasteiger partial charge is 0.357 e. The van der Waals surface area contributed by atoms with Gasteiger partial charge in [-0.1, -0.05) is 12.8 Å². The highest BCUT2D eigenvalue weighted by molar-refractivity contribution is 7.11. The number of hydrogen-bond acceptors (Lipinski definition) is 3. The highest BCUT2D eigenvalue weighted by Crippen LogP contribution is 2.36. The lowest BCUT2D eigenvalue weighted by Gasteiger charge is -2.22. The second-order valence-corrected chi connectivity index (χ2v) is 7.92. The molecule has 2 unspecified atom stereocenters. The summed E-state index contributed by atoms with van der Waals surface area (Å²) in [5.74, 6) is 2.87. The highest BCUT2D eigenvalue weighted by Gasteiger charge is 2.35. The molecule has 0 spiro atoms. The van der Waals surface area contributed by atoms with E-state index in [0.717, 1.165) is 35.0 Å². The third-order valence-corrected chi connectivity index (χ3v) is 6.11. The quantitative estimate of drug-likeness (QED) is 0.686. The number of aliphatic imine (C=N–C) groups is 1. The first-order chi connectivity index (χ1) is 10.7. The molecule has 5 heteroatoms. The van der Waals surface area contributed by atoms with Crippen molar-refractivity contribution >= 4 is 17.3 Å². The Hall–Kier alpha value is -1.10. The predicted octanol–water partition coefficient (Wildman–Crippen LogP) is 3.35. The van der Waals surface area contributed by atoms with Crippen molar-refractivity contribution in [3.05, 3.63) is 15.6 Å². The molecule has 22 heavy (non-hydrogen) atoms. The smallest absolute Gasteiger partial charge is 0.194 e. The second kappa shape index (κ2) is 6.99. The molecule has 0 aromatic carbocycles. The molecular weight excluding hydrogens is 292 g/mol. The van der Waals surface area contributed by atoms with Gasteiger partial charge in [0.25, 0.3) is 0 Å². The molecule has 2 heterocycles. The normalized spacial score (nSPS) is 25.4. The molecule has 1 aromatic heterocycles. The molecule has 1 aliphatic heterocycles. The van der Waals surface area contributed by atoms with Crippen molar-refractivity contribution in [1.29, 1.82) is 0 Å². The van der Waals surface area contributed by atoms with Gasteiger partial charge < -0.3 is 10.2 Å². The van der Waals surface area contributed by atoms with E-state index in [1.165, 1.54) is 43.6 Å². The fourth-order valence-corrected chi connectivity index (χ4v) is 4.61. The number of likely N-dealkylation sites (tertiary alicyclic amines) is 1. The number of aromatic nitrogens is 1. The lowest BCUT2D eigenvalue weighted by Crippen LogP contribution is -2.40. The Morgan fingerprint density at radius 2 is 1.95 bits per heavy atom. The number of aryl methyl sites for hydroxylation is 2. The van der Waals surface area contributed by atoms with Gasteiger partial charge in [0.05, 0.1) is 12.2 Å².